The number of rotatable bonds is 7. The van der Waals surface area contributed by atoms with E-state index in [1.54, 1.807) is 7.11 Å². The first-order valence-corrected chi connectivity index (χ1v) is 9.03. The molecule has 0 N–H and O–H groups in total. The van der Waals surface area contributed by atoms with Gasteiger partial charge in [0.05, 0.1) is 6.04 Å². The summed E-state index contributed by atoms with van der Waals surface area (Å²) in [5.41, 5.74) is 2.22. The first-order valence-electron chi connectivity index (χ1n) is 9.03. The van der Waals surface area contributed by atoms with E-state index in [4.69, 9.17) is 9.26 Å². The minimum absolute atomic E-state index is 0.146. The molecular formula is C19H28N4O2. The lowest BCUT2D eigenvalue weighted by atomic mass is 10.1. The lowest BCUT2D eigenvalue weighted by Crippen LogP contribution is -2.47. The van der Waals surface area contributed by atoms with E-state index in [0.29, 0.717) is 11.7 Å². The third kappa shape index (κ3) is 4.66. The lowest BCUT2D eigenvalue weighted by molar-refractivity contribution is 0.0816. The Morgan fingerprint density at radius 1 is 1.16 bits per heavy atom. The highest BCUT2D eigenvalue weighted by Gasteiger charge is 2.25. The molecule has 0 unspecified atom stereocenters. The molecule has 1 aliphatic rings. The Kier molecular flexibility index (Phi) is 6.18. The second kappa shape index (κ2) is 8.56. The minimum Gasteiger partial charge on any atom is -0.385 e. The Labute approximate surface area is 149 Å². The van der Waals surface area contributed by atoms with Gasteiger partial charge in [0.1, 0.15) is 0 Å². The summed E-state index contributed by atoms with van der Waals surface area (Å²) in [5, 5.41) is 4.16. The molecule has 1 aliphatic heterocycles. The summed E-state index contributed by atoms with van der Waals surface area (Å²) in [6, 6.07) is 8.35. The van der Waals surface area contributed by atoms with Gasteiger partial charge in [0, 0.05) is 52.0 Å². The molecule has 25 heavy (non-hydrogen) atoms. The fraction of sp³-hybridized carbons (Fsp3) is 0.579. The van der Waals surface area contributed by atoms with Crippen molar-refractivity contribution in [3.63, 3.8) is 0 Å². The van der Waals surface area contributed by atoms with Gasteiger partial charge < -0.3 is 14.2 Å². The molecule has 0 spiro atoms. The zero-order valence-electron chi connectivity index (χ0n) is 15.4. The third-order valence-corrected chi connectivity index (χ3v) is 4.89. The van der Waals surface area contributed by atoms with E-state index in [-0.39, 0.29) is 6.04 Å². The maximum Gasteiger partial charge on any atom is 0.244 e. The maximum absolute atomic E-state index is 5.54. The number of benzene rings is 1. The molecule has 1 aromatic heterocycles. The number of aromatic nitrogens is 2. The number of piperazine rings is 1. The summed E-state index contributed by atoms with van der Waals surface area (Å²) >= 11 is 0. The molecule has 136 valence electrons. The van der Waals surface area contributed by atoms with Gasteiger partial charge in [0.25, 0.3) is 0 Å². The molecule has 3 rings (SSSR count). The average Bonchev–Trinajstić information content (AvgIpc) is 3.13. The van der Waals surface area contributed by atoms with Crippen LogP contribution in [0.5, 0.6) is 0 Å². The predicted molar refractivity (Wildman–Crippen MR) is 97.4 cm³/mol. The van der Waals surface area contributed by atoms with E-state index in [1.807, 2.05) is 12.1 Å². The van der Waals surface area contributed by atoms with Gasteiger partial charge in [-0.3, -0.25) is 4.90 Å². The summed E-state index contributed by atoms with van der Waals surface area (Å²) < 4.78 is 10.7. The van der Waals surface area contributed by atoms with Gasteiger partial charge in [0.15, 0.2) is 0 Å². The van der Waals surface area contributed by atoms with Gasteiger partial charge >= 0.3 is 0 Å². The summed E-state index contributed by atoms with van der Waals surface area (Å²) in [7, 11) is 1.76. The zero-order valence-corrected chi connectivity index (χ0v) is 15.4. The molecule has 0 aliphatic carbocycles. The highest BCUT2D eigenvalue weighted by molar-refractivity contribution is 5.54. The van der Waals surface area contributed by atoms with E-state index in [0.717, 1.165) is 51.3 Å². The minimum atomic E-state index is 0.146. The summed E-state index contributed by atoms with van der Waals surface area (Å²) in [5.74, 6) is 1.36. The van der Waals surface area contributed by atoms with Gasteiger partial charge in [0.2, 0.25) is 11.7 Å². The van der Waals surface area contributed by atoms with Crippen LogP contribution < -0.4 is 0 Å². The van der Waals surface area contributed by atoms with Gasteiger partial charge in [-0.2, -0.15) is 4.98 Å². The summed E-state index contributed by atoms with van der Waals surface area (Å²) in [6.07, 6.45) is 1.09. The molecule has 2 aromatic rings. The van der Waals surface area contributed by atoms with E-state index in [1.165, 1.54) is 5.56 Å². The normalized spacial score (nSPS) is 17.7. The quantitative estimate of drug-likeness (QED) is 0.720. The fourth-order valence-electron chi connectivity index (χ4n) is 3.19. The Morgan fingerprint density at radius 2 is 1.88 bits per heavy atom. The van der Waals surface area contributed by atoms with Crippen molar-refractivity contribution < 1.29 is 9.26 Å². The fourth-order valence-corrected chi connectivity index (χ4v) is 3.19. The smallest absolute Gasteiger partial charge is 0.244 e. The number of aryl methyl sites for hydroxylation is 1. The molecule has 0 amide bonds. The van der Waals surface area contributed by atoms with E-state index >= 15 is 0 Å². The van der Waals surface area contributed by atoms with Crippen LogP contribution in [0.15, 0.2) is 28.8 Å². The second-order valence-corrected chi connectivity index (χ2v) is 6.72. The van der Waals surface area contributed by atoms with Crippen LogP contribution in [-0.4, -0.2) is 66.4 Å². The van der Waals surface area contributed by atoms with Crippen LogP contribution in [0.1, 0.15) is 30.8 Å². The van der Waals surface area contributed by atoms with Crippen molar-refractivity contribution in [1.82, 2.24) is 19.9 Å². The molecule has 6 nitrogen and oxygen atoms in total. The van der Waals surface area contributed by atoms with Crippen molar-refractivity contribution in [2.24, 2.45) is 0 Å². The number of hydrogen-bond donors (Lipinski definition) is 0. The largest absolute Gasteiger partial charge is 0.385 e. The summed E-state index contributed by atoms with van der Waals surface area (Å²) in [4.78, 5) is 9.53. The first-order chi connectivity index (χ1) is 12.2. The lowest BCUT2D eigenvalue weighted by Gasteiger charge is -2.36. The number of methoxy groups -OCH3 is 1. The van der Waals surface area contributed by atoms with Crippen molar-refractivity contribution in [3.8, 4) is 11.4 Å². The number of ether oxygens (including phenoxy) is 1. The van der Waals surface area contributed by atoms with Crippen LogP contribution >= 0.6 is 0 Å². The Hall–Kier alpha value is -1.76. The van der Waals surface area contributed by atoms with Crippen molar-refractivity contribution in [1.29, 1.82) is 0 Å². The second-order valence-electron chi connectivity index (χ2n) is 6.72. The molecule has 1 fully saturated rings. The van der Waals surface area contributed by atoms with Crippen molar-refractivity contribution in [3.05, 3.63) is 35.7 Å². The molecule has 1 aromatic carbocycles. The summed E-state index contributed by atoms with van der Waals surface area (Å²) in [6.45, 7) is 10.4. The van der Waals surface area contributed by atoms with E-state index in [9.17, 15) is 0 Å². The molecule has 0 saturated carbocycles. The zero-order chi connectivity index (χ0) is 17.6. The molecule has 0 bridgehead atoms. The van der Waals surface area contributed by atoms with Gasteiger partial charge in [-0.05, 0) is 20.3 Å². The SMILES string of the molecule is COCCCN1CCN([C@@H](C)c2nc(-c3ccc(C)cc3)no2)CC1. The molecule has 1 saturated heterocycles. The van der Waals surface area contributed by atoms with E-state index in [2.05, 4.69) is 45.9 Å². The van der Waals surface area contributed by atoms with Crippen LogP contribution in [0.2, 0.25) is 0 Å². The standard InChI is InChI=1S/C19H28N4O2/c1-15-5-7-17(8-6-15)18-20-19(25-21-18)16(2)23-12-10-22(11-13-23)9-4-14-24-3/h5-8,16H,4,9-14H2,1-3H3/t16-/m0/s1. The average molecular weight is 344 g/mol. The van der Waals surface area contributed by atoms with Crippen LogP contribution in [-0.2, 0) is 4.74 Å². The number of hydrogen-bond acceptors (Lipinski definition) is 6. The monoisotopic (exact) mass is 344 g/mol. The van der Waals surface area contributed by atoms with Crippen LogP contribution in [0.3, 0.4) is 0 Å². The highest BCUT2D eigenvalue weighted by Crippen LogP contribution is 2.23. The van der Waals surface area contributed by atoms with Crippen LogP contribution in [0.25, 0.3) is 11.4 Å². The molecule has 6 heteroatoms. The predicted octanol–water partition coefficient (Wildman–Crippen LogP) is 2.76. The molecule has 1 atom stereocenters. The molecular weight excluding hydrogens is 316 g/mol. The molecule has 0 radical (unpaired) electrons. The maximum atomic E-state index is 5.54. The van der Waals surface area contributed by atoms with Gasteiger partial charge in [-0.15, -0.1) is 0 Å². The van der Waals surface area contributed by atoms with Crippen molar-refractivity contribution in [2.45, 2.75) is 26.3 Å². The van der Waals surface area contributed by atoms with Crippen molar-refractivity contribution >= 4 is 0 Å². The Morgan fingerprint density at radius 3 is 2.56 bits per heavy atom. The van der Waals surface area contributed by atoms with E-state index < -0.39 is 0 Å². The van der Waals surface area contributed by atoms with Crippen molar-refractivity contribution in [2.75, 3.05) is 46.4 Å². The Bertz CT molecular complexity index is 648. The first kappa shape index (κ1) is 18.0. The van der Waals surface area contributed by atoms with Gasteiger partial charge in [-0.25, -0.2) is 0 Å². The topological polar surface area (TPSA) is 54.6 Å². The third-order valence-electron chi connectivity index (χ3n) is 4.89. The van der Waals surface area contributed by atoms with Crippen LogP contribution in [0.4, 0.5) is 0 Å². The number of nitrogens with zero attached hydrogens (tertiary/aromatic N) is 4. The molecule has 2 heterocycles. The Balaban J connectivity index is 1.55. The highest BCUT2D eigenvalue weighted by atomic mass is 16.5. The van der Waals surface area contributed by atoms with Gasteiger partial charge in [-0.1, -0.05) is 35.0 Å². The van der Waals surface area contributed by atoms with Crippen LogP contribution in [0, 0.1) is 6.92 Å².